The maximum absolute atomic E-state index is 6.23. The molecule has 0 radical (unpaired) electrons. The summed E-state index contributed by atoms with van der Waals surface area (Å²) in [4.78, 5) is 10.9. The first-order valence-corrected chi connectivity index (χ1v) is 8.75. The zero-order chi connectivity index (χ0) is 13.9. The normalized spacial score (nSPS) is 11.1. The van der Waals surface area contributed by atoms with Gasteiger partial charge in [-0.05, 0) is 36.8 Å². The molecule has 20 heavy (non-hydrogen) atoms. The number of thioether (sulfide) groups is 1. The van der Waals surface area contributed by atoms with Crippen LogP contribution in [0.15, 0.2) is 40.9 Å². The number of nitrogens with zero attached hydrogens (tertiary/aromatic N) is 2. The van der Waals surface area contributed by atoms with Gasteiger partial charge in [0.2, 0.25) is 0 Å². The Bertz CT molecular complexity index is 722. The molecular formula is C15H13ClN2S2. The van der Waals surface area contributed by atoms with Crippen molar-refractivity contribution in [1.82, 2.24) is 9.97 Å². The van der Waals surface area contributed by atoms with Gasteiger partial charge in [-0.25, -0.2) is 9.97 Å². The third kappa shape index (κ3) is 2.82. The molecule has 0 spiro atoms. The van der Waals surface area contributed by atoms with Crippen molar-refractivity contribution in [2.45, 2.75) is 17.7 Å². The van der Waals surface area contributed by atoms with E-state index < -0.39 is 0 Å². The minimum atomic E-state index is 0.762. The highest BCUT2D eigenvalue weighted by Crippen LogP contribution is 2.30. The van der Waals surface area contributed by atoms with E-state index in [2.05, 4.69) is 40.5 Å². The van der Waals surface area contributed by atoms with Crippen molar-refractivity contribution in [3.05, 3.63) is 52.3 Å². The maximum Gasteiger partial charge on any atom is 0.128 e. The van der Waals surface area contributed by atoms with Crippen LogP contribution in [-0.2, 0) is 12.8 Å². The number of hydrogen-bond acceptors (Lipinski definition) is 4. The molecule has 3 aromatic rings. The van der Waals surface area contributed by atoms with Crippen LogP contribution >= 0.6 is 34.7 Å². The lowest BCUT2D eigenvalue weighted by molar-refractivity contribution is 0.917. The Morgan fingerprint density at radius 2 is 1.95 bits per heavy atom. The summed E-state index contributed by atoms with van der Waals surface area (Å²) in [6, 6.07) is 8.68. The highest BCUT2D eigenvalue weighted by molar-refractivity contribution is 7.98. The molecule has 0 aliphatic heterocycles. The molecule has 2 heterocycles. The van der Waals surface area contributed by atoms with Gasteiger partial charge in [-0.1, -0.05) is 23.7 Å². The SMILES string of the molecule is CSc1ccc(CCc2ncnc3scc(Cl)c23)cc1. The van der Waals surface area contributed by atoms with Crippen LogP contribution in [0.2, 0.25) is 5.02 Å². The summed E-state index contributed by atoms with van der Waals surface area (Å²) >= 11 is 9.56. The fraction of sp³-hybridized carbons (Fsp3) is 0.200. The second kappa shape index (κ2) is 6.12. The number of aryl methyl sites for hydroxylation is 2. The van der Waals surface area contributed by atoms with E-state index in [-0.39, 0.29) is 0 Å². The van der Waals surface area contributed by atoms with Crippen molar-refractivity contribution in [3.63, 3.8) is 0 Å². The van der Waals surface area contributed by atoms with E-state index in [4.69, 9.17) is 11.6 Å². The van der Waals surface area contributed by atoms with Crippen molar-refractivity contribution in [3.8, 4) is 0 Å². The van der Waals surface area contributed by atoms with Gasteiger partial charge in [-0.15, -0.1) is 23.1 Å². The van der Waals surface area contributed by atoms with Crippen LogP contribution in [-0.4, -0.2) is 16.2 Å². The molecule has 0 bridgehead atoms. The summed E-state index contributed by atoms with van der Waals surface area (Å²) in [5, 5.41) is 3.70. The molecule has 0 saturated carbocycles. The molecular weight excluding hydrogens is 308 g/mol. The third-order valence-electron chi connectivity index (χ3n) is 3.21. The number of fused-ring (bicyclic) bond motifs is 1. The lowest BCUT2D eigenvalue weighted by Gasteiger charge is -2.04. The molecule has 0 atom stereocenters. The van der Waals surface area contributed by atoms with Gasteiger partial charge in [0.1, 0.15) is 11.2 Å². The van der Waals surface area contributed by atoms with Gasteiger partial charge in [-0.2, -0.15) is 0 Å². The predicted molar refractivity (Wildman–Crippen MR) is 88.1 cm³/mol. The monoisotopic (exact) mass is 320 g/mol. The van der Waals surface area contributed by atoms with Gasteiger partial charge in [0, 0.05) is 10.3 Å². The van der Waals surface area contributed by atoms with E-state index in [9.17, 15) is 0 Å². The molecule has 2 nitrogen and oxygen atoms in total. The highest BCUT2D eigenvalue weighted by Gasteiger charge is 2.09. The molecule has 102 valence electrons. The molecule has 0 unspecified atom stereocenters. The van der Waals surface area contributed by atoms with Crippen molar-refractivity contribution in [2.75, 3.05) is 6.26 Å². The lowest BCUT2D eigenvalue weighted by Crippen LogP contribution is -1.96. The molecule has 0 aliphatic carbocycles. The average Bonchev–Trinajstić information content (AvgIpc) is 2.88. The average molecular weight is 321 g/mol. The van der Waals surface area contributed by atoms with Crippen LogP contribution in [0.4, 0.5) is 0 Å². The van der Waals surface area contributed by atoms with E-state index in [1.165, 1.54) is 10.5 Å². The fourth-order valence-corrected chi connectivity index (χ4v) is 3.73. The van der Waals surface area contributed by atoms with Gasteiger partial charge < -0.3 is 0 Å². The molecule has 0 saturated heterocycles. The summed E-state index contributed by atoms with van der Waals surface area (Å²) in [5.74, 6) is 0. The molecule has 0 N–H and O–H groups in total. The van der Waals surface area contributed by atoms with Crippen LogP contribution in [0.5, 0.6) is 0 Å². The molecule has 1 aromatic carbocycles. The van der Waals surface area contributed by atoms with Gasteiger partial charge in [0.15, 0.2) is 0 Å². The van der Waals surface area contributed by atoms with Crippen molar-refractivity contribution < 1.29 is 0 Å². The first-order valence-electron chi connectivity index (χ1n) is 6.27. The molecule has 0 amide bonds. The Kier molecular flexibility index (Phi) is 4.24. The summed E-state index contributed by atoms with van der Waals surface area (Å²) in [7, 11) is 0. The Morgan fingerprint density at radius 3 is 2.70 bits per heavy atom. The number of rotatable bonds is 4. The van der Waals surface area contributed by atoms with Gasteiger partial charge in [-0.3, -0.25) is 0 Å². The van der Waals surface area contributed by atoms with Crippen molar-refractivity contribution in [2.24, 2.45) is 0 Å². The summed E-state index contributed by atoms with van der Waals surface area (Å²) < 4.78 is 0. The summed E-state index contributed by atoms with van der Waals surface area (Å²) in [5.41, 5.74) is 2.36. The van der Waals surface area contributed by atoms with Crippen LogP contribution < -0.4 is 0 Å². The Hall–Kier alpha value is -1.10. The molecule has 0 aliphatic rings. The van der Waals surface area contributed by atoms with Gasteiger partial charge in [0.05, 0.1) is 16.1 Å². The quantitative estimate of drug-likeness (QED) is 0.642. The third-order valence-corrected chi connectivity index (χ3v) is 5.27. The van der Waals surface area contributed by atoms with Crippen LogP contribution in [0, 0.1) is 0 Å². The second-order valence-corrected chi connectivity index (χ2v) is 6.58. The van der Waals surface area contributed by atoms with E-state index in [0.717, 1.165) is 33.8 Å². The number of aromatic nitrogens is 2. The first kappa shape index (κ1) is 13.9. The lowest BCUT2D eigenvalue weighted by atomic mass is 10.1. The zero-order valence-electron chi connectivity index (χ0n) is 11.0. The second-order valence-electron chi connectivity index (χ2n) is 4.43. The standard InChI is InChI=1S/C15H13ClN2S2/c1-19-11-5-2-10(3-6-11)4-7-13-14-12(16)8-20-15(14)18-9-17-13/h2-3,5-6,8-9H,4,7H2,1H3. The number of thiophene rings is 1. The number of benzene rings is 1. The molecule has 0 fully saturated rings. The number of hydrogen-bond donors (Lipinski definition) is 0. The first-order chi connectivity index (χ1) is 9.78. The largest absolute Gasteiger partial charge is 0.241 e. The van der Waals surface area contributed by atoms with Gasteiger partial charge >= 0.3 is 0 Å². The number of halogens is 1. The Morgan fingerprint density at radius 1 is 1.15 bits per heavy atom. The van der Waals surface area contributed by atoms with Gasteiger partial charge in [0.25, 0.3) is 0 Å². The Labute approximate surface area is 131 Å². The minimum absolute atomic E-state index is 0.762. The van der Waals surface area contributed by atoms with E-state index in [1.807, 2.05) is 5.38 Å². The summed E-state index contributed by atoms with van der Waals surface area (Å²) in [6.07, 6.45) is 5.56. The maximum atomic E-state index is 6.23. The van der Waals surface area contributed by atoms with E-state index in [1.54, 1.807) is 29.4 Å². The van der Waals surface area contributed by atoms with E-state index in [0.29, 0.717) is 0 Å². The van der Waals surface area contributed by atoms with E-state index >= 15 is 0 Å². The fourth-order valence-electron chi connectivity index (χ4n) is 2.14. The van der Waals surface area contributed by atoms with Crippen molar-refractivity contribution >= 4 is 44.9 Å². The zero-order valence-corrected chi connectivity index (χ0v) is 13.4. The minimum Gasteiger partial charge on any atom is -0.241 e. The topological polar surface area (TPSA) is 25.8 Å². The highest BCUT2D eigenvalue weighted by atomic mass is 35.5. The Balaban J connectivity index is 1.81. The molecule has 5 heteroatoms. The van der Waals surface area contributed by atoms with Crippen LogP contribution in [0.25, 0.3) is 10.2 Å². The molecule has 2 aromatic heterocycles. The van der Waals surface area contributed by atoms with Crippen LogP contribution in [0.3, 0.4) is 0 Å². The molecule has 3 rings (SSSR count). The predicted octanol–water partition coefficient (Wildman–Crippen LogP) is 4.85. The van der Waals surface area contributed by atoms with Crippen LogP contribution in [0.1, 0.15) is 11.3 Å². The summed E-state index contributed by atoms with van der Waals surface area (Å²) in [6.45, 7) is 0. The van der Waals surface area contributed by atoms with Crippen molar-refractivity contribution in [1.29, 1.82) is 0 Å². The smallest absolute Gasteiger partial charge is 0.128 e.